The minimum atomic E-state index is -0.825. The van der Waals surface area contributed by atoms with Gasteiger partial charge in [-0.1, -0.05) is 35.9 Å². The summed E-state index contributed by atoms with van der Waals surface area (Å²) < 4.78 is 20.4. The van der Waals surface area contributed by atoms with Crippen molar-refractivity contribution >= 4 is 35.6 Å². The van der Waals surface area contributed by atoms with Gasteiger partial charge in [0.1, 0.15) is 17.2 Å². The third-order valence-corrected chi connectivity index (χ3v) is 5.50. The van der Waals surface area contributed by atoms with Gasteiger partial charge in [-0.15, -0.1) is 12.4 Å². The average molecular weight is 424 g/mol. The van der Waals surface area contributed by atoms with Crippen LogP contribution in [0.1, 0.15) is 24.0 Å². The molecule has 0 aliphatic carbocycles. The molecule has 1 spiro atoms. The number of fused-ring (bicyclic) bond motifs is 1. The smallest absolute Gasteiger partial charge is 0.317 e. The van der Waals surface area contributed by atoms with E-state index in [9.17, 15) is 9.18 Å². The van der Waals surface area contributed by atoms with Crippen molar-refractivity contribution in [2.24, 2.45) is 0 Å². The molecule has 0 aromatic heterocycles. The number of para-hydroxylation sites is 1. The largest absolute Gasteiger partial charge is 0.482 e. The summed E-state index contributed by atoms with van der Waals surface area (Å²) in [5.41, 5.74) is 2.06. The molecular formula is C21H20Cl2FNO3. The van der Waals surface area contributed by atoms with E-state index < -0.39 is 17.4 Å². The summed E-state index contributed by atoms with van der Waals surface area (Å²) in [5, 5.41) is 9.10. The fourth-order valence-electron chi connectivity index (χ4n) is 3.80. The van der Waals surface area contributed by atoms with E-state index in [1.165, 1.54) is 6.07 Å². The van der Waals surface area contributed by atoms with Crippen LogP contribution in [0.4, 0.5) is 4.39 Å². The molecule has 2 aromatic carbocycles. The van der Waals surface area contributed by atoms with Gasteiger partial charge in [-0.05, 0) is 35.4 Å². The Bertz CT molecular complexity index is 924. The zero-order valence-electron chi connectivity index (χ0n) is 15.0. The van der Waals surface area contributed by atoms with Gasteiger partial charge in [0.25, 0.3) is 0 Å². The second kappa shape index (κ2) is 8.11. The van der Waals surface area contributed by atoms with Gasteiger partial charge in [0.05, 0.1) is 11.6 Å². The number of nitrogens with zero attached hydrogens (tertiary/aromatic N) is 1. The highest BCUT2D eigenvalue weighted by Crippen LogP contribution is 2.43. The van der Waals surface area contributed by atoms with Gasteiger partial charge < -0.3 is 9.84 Å². The van der Waals surface area contributed by atoms with Crippen LogP contribution in [0, 0.1) is 5.82 Å². The number of likely N-dealkylation sites (tertiary alicyclic amines) is 1. The van der Waals surface area contributed by atoms with Gasteiger partial charge in [-0.3, -0.25) is 9.69 Å². The molecule has 7 heteroatoms. The standard InChI is InChI=1S/C21H19ClFNO3.ClH/c22-17-6-5-14(11-18(17)23)16-12-21(27-19-4-2-1-3-15(16)19)7-9-24(10-8-21)13-20(25)26;/h1-6,11-12H,7-10,13H2,(H,25,26);1H. The van der Waals surface area contributed by atoms with E-state index in [0.717, 1.165) is 22.4 Å². The van der Waals surface area contributed by atoms with Crippen LogP contribution in [0.2, 0.25) is 5.02 Å². The van der Waals surface area contributed by atoms with Gasteiger partial charge in [-0.25, -0.2) is 4.39 Å². The van der Waals surface area contributed by atoms with Crippen LogP contribution in [0.3, 0.4) is 0 Å². The summed E-state index contributed by atoms with van der Waals surface area (Å²) in [4.78, 5) is 12.9. The van der Waals surface area contributed by atoms with Crippen LogP contribution >= 0.6 is 24.0 Å². The summed E-state index contributed by atoms with van der Waals surface area (Å²) >= 11 is 5.85. The molecule has 0 bridgehead atoms. The number of piperidine rings is 1. The predicted octanol–water partition coefficient (Wildman–Crippen LogP) is 4.64. The second-order valence-corrected chi connectivity index (χ2v) is 7.43. The minimum absolute atomic E-state index is 0. The Labute approximate surface area is 174 Å². The summed E-state index contributed by atoms with van der Waals surface area (Å²) in [6, 6.07) is 12.5. The van der Waals surface area contributed by atoms with Crippen LogP contribution in [0.5, 0.6) is 5.75 Å². The van der Waals surface area contributed by atoms with Crippen molar-refractivity contribution in [2.45, 2.75) is 18.4 Å². The van der Waals surface area contributed by atoms with Crippen LogP contribution in [0.25, 0.3) is 5.57 Å². The Balaban J connectivity index is 0.00000225. The molecule has 1 N–H and O–H groups in total. The molecule has 2 heterocycles. The lowest BCUT2D eigenvalue weighted by molar-refractivity contribution is -0.139. The van der Waals surface area contributed by atoms with E-state index in [-0.39, 0.29) is 24.0 Å². The third-order valence-electron chi connectivity index (χ3n) is 5.19. The Morgan fingerprint density at radius 1 is 1.21 bits per heavy atom. The van der Waals surface area contributed by atoms with Crippen molar-refractivity contribution in [1.82, 2.24) is 4.90 Å². The monoisotopic (exact) mass is 423 g/mol. The van der Waals surface area contributed by atoms with Gasteiger partial charge in [0.2, 0.25) is 0 Å². The molecule has 2 aliphatic heterocycles. The summed E-state index contributed by atoms with van der Waals surface area (Å²) in [7, 11) is 0. The van der Waals surface area contributed by atoms with Gasteiger partial charge in [-0.2, -0.15) is 0 Å². The SMILES string of the molecule is Cl.O=C(O)CN1CCC2(C=C(c3ccc(Cl)c(F)c3)c3ccccc3O2)CC1. The van der Waals surface area contributed by atoms with Gasteiger partial charge in [0.15, 0.2) is 0 Å². The molecule has 0 amide bonds. The Morgan fingerprint density at radius 3 is 2.61 bits per heavy atom. The number of halogens is 3. The maximum Gasteiger partial charge on any atom is 0.317 e. The molecule has 1 saturated heterocycles. The van der Waals surface area contributed by atoms with Crippen molar-refractivity contribution in [3.05, 3.63) is 70.5 Å². The van der Waals surface area contributed by atoms with Crippen molar-refractivity contribution in [3.8, 4) is 5.75 Å². The van der Waals surface area contributed by atoms with E-state index in [2.05, 4.69) is 6.08 Å². The molecule has 2 aliphatic rings. The van der Waals surface area contributed by atoms with Gasteiger partial charge >= 0.3 is 5.97 Å². The fraction of sp³-hybridized carbons (Fsp3) is 0.286. The molecule has 4 nitrogen and oxygen atoms in total. The highest BCUT2D eigenvalue weighted by molar-refractivity contribution is 6.30. The van der Waals surface area contributed by atoms with Crippen molar-refractivity contribution in [1.29, 1.82) is 0 Å². The average Bonchev–Trinajstić information content (AvgIpc) is 2.65. The van der Waals surface area contributed by atoms with E-state index in [4.69, 9.17) is 21.4 Å². The number of carboxylic acids is 1. The molecule has 0 radical (unpaired) electrons. The zero-order chi connectivity index (χ0) is 19.0. The van der Waals surface area contributed by atoms with Crippen LogP contribution in [-0.4, -0.2) is 41.2 Å². The molecule has 0 atom stereocenters. The van der Waals surface area contributed by atoms with Crippen molar-refractivity contribution < 1.29 is 19.0 Å². The number of aliphatic carboxylic acids is 1. The molecule has 1 fully saturated rings. The van der Waals surface area contributed by atoms with E-state index >= 15 is 0 Å². The summed E-state index contributed by atoms with van der Waals surface area (Å²) in [5.74, 6) is -0.518. The second-order valence-electron chi connectivity index (χ2n) is 7.02. The number of carbonyl (C=O) groups is 1. The maximum absolute atomic E-state index is 14.1. The molecule has 28 heavy (non-hydrogen) atoms. The Morgan fingerprint density at radius 2 is 1.93 bits per heavy atom. The normalized spacial score (nSPS) is 17.9. The molecule has 0 saturated carbocycles. The van der Waals surface area contributed by atoms with E-state index in [1.54, 1.807) is 6.07 Å². The number of benzene rings is 2. The number of carboxylic acid groups (broad SMARTS) is 1. The zero-order valence-corrected chi connectivity index (χ0v) is 16.6. The lowest BCUT2D eigenvalue weighted by Gasteiger charge is -2.42. The van der Waals surface area contributed by atoms with Crippen LogP contribution in [0.15, 0.2) is 48.5 Å². The molecule has 4 rings (SSSR count). The number of hydrogen-bond donors (Lipinski definition) is 1. The van der Waals surface area contributed by atoms with Crippen LogP contribution in [-0.2, 0) is 4.79 Å². The fourth-order valence-corrected chi connectivity index (χ4v) is 3.91. The first-order chi connectivity index (χ1) is 13.0. The quantitative estimate of drug-likeness (QED) is 0.780. The number of hydrogen-bond acceptors (Lipinski definition) is 3. The number of ether oxygens (including phenoxy) is 1. The first-order valence-electron chi connectivity index (χ1n) is 8.87. The van der Waals surface area contributed by atoms with Crippen LogP contribution < -0.4 is 4.74 Å². The Kier molecular flexibility index (Phi) is 5.98. The lowest BCUT2D eigenvalue weighted by atomic mass is 9.83. The molecular weight excluding hydrogens is 404 g/mol. The molecule has 0 unspecified atom stereocenters. The van der Waals surface area contributed by atoms with Crippen molar-refractivity contribution in [2.75, 3.05) is 19.6 Å². The maximum atomic E-state index is 14.1. The first-order valence-corrected chi connectivity index (χ1v) is 9.24. The van der Waals surface area contributed by atoms with E-state index in [1.807, 2.05) is 35.2 Å². The number of rotatable bonds is 3. The highest BCUT2D eigenvalue weighted by Gasteiger charge is 2.39. The molecule has 2 aromatic rings. The summed E-state index contributed by atoms with van der Waals surface area (Å²) in [6.45, 7) is 1.30. The Hall–Kier alpha value is -2.08. The first kappa shape index (κ1) is 20.6. The lowest BCUT2D eigenvalue weighted by Crippen LogP contribution is -2.49. The molecule has 148 valence electrons. The summed E-state index contributed by atoms with van der Waals surface area (Å²) in [6.07, 6.45) is 3.42. The van der Waals surface area contributed by atoms with Crippen molar-refractivity contribution in [3.63, 3.8) is 0 Å². The van der Waals surface area contributed by atoms with E-state index in [0.29, 0.717) is 25.9 Å². The van der Waals surface area contributed by atoms with Gasteiger partial charge in [0, 0.05) is 31.5 Å². The predicted molar refractivity (Wildman–Crippen MR) is 109 cm³/mol. The topological polar surface area (TPSA) is 49.8 Å². The highest BCUT2D eigenvalue weighted by atomic mass is 35.5. The minimum Gasteiger partial charge on any atom is -0.482 e. The third kappa shape index (κ3) is 4.02.